The predicted molar refractivity (Wildman–Crippen MR) is 51.7 cm³/mol. The van der Waals surface area contributed by atoms with Crippen molar-refractivity contribution >= 4 is 28.4 Å². The van der Waals surface area contributed by atoms with Crippen molar-refractivity contribution in [2.45, 2.75) is 6.42 Å². The second-order valence-electron chi connectivity index (χ2n) is 2.66. The number of nitrogens with zero attached hydrogens (tertiary/aromatic N) is 3. The lowest BCUT2D eigenvalue weighted by Crippen LogP contribution is -2.14. The molecule has 1 aromatic rings. The molecule has 0 aromatic carbocycles. The molecule has 0 unspecified atom stereocenters. The second-order valence-corrected chi connectivity index (χ2v) is 3.62. The van der Waals surface area contributed by atoms with Crippen LogP contribution in [-0.4, -0.2) is 23.6 Å². The van der Waals surface area contributed by atoms with Gasteiger partial charge in [-0.05, 0) is 6.42 Å². The number of likely N-dealkylation sites (N-methyl/N-ethyl adjacent to an activating group) is 1. The summed E-state index contributed by atoms with van der Waals surface area (Å²) < 4.78 is 0.829. The van der Waals surface area contributed by atoms with Gasteiger partial charge in [0.15, 0.2) is 3.83 Å². The Labute approximate surface area is 79.0 Å². The monoisotopic (exact) mass is 261 g/mol. The number of fused-ring (bicyclic) bond motifs is 1. The van der Waals surface area contributed by atoms with E-state index in [-0.39, 0.29) is 0 Å². The number of anilines is 1. The van der Waals surface area contributed by atoms with E-state index in [2.05, 4.69) is 44.5 Å². The zero-order valence-corrected chi connectivity index (χ0v) is 8.37. The molecule has 0 bridgehead atoms. The number of hydrogen-bond acceptors (Lipinski definition) is 3. The first kappa shape index (κ1) is 7.27. The molecule has 1 aliphatic heterocycles. The third-order valence-electron chi connectivity index (χ3n) is 1.89. The third-order valence-corrected chi connectivity index (χ3v) is 2.41. The molecular formula is C7H8IN3. The molecule has 1 aliphatic rings. The first-order valence-electron chi connectivity index (χ1n) is 3.50. The Kier molecular flexibility index (Phi) is 1.71. The SMILES string of the molecule is CN1CCc2cnc(I)nc21. The van der Waals surface area contributed by atoms with E-state index in [1.807, 2.05) is 6.20 Å². The summed E-state index contributed by atoms with van der Waals surface area (Å²) in [4.78, 5) is 10.6. The van der Waals surface area contributed by atoms with Gasteiger partial charge in [0.2, 0.25) is 0 Å². The Morgan fingerprint density at radius 2 is 2.45 bits per heavy atom. The molecule has 0 saturated heterocycles. The van der Waals surface area contributed by atoms with Crippen LogP contribution in [-0.2, 0) is 6.42 Å². The molecule has 0 fully saturated rings. The van der Waals surface area contributed by atoms with Crippen molar-refractivity contribution in [3.63, 3.8) is 0 Å². The largest absolute Gasteiger partial charge is 0.359 e. The first-order chi connectivity index (χ1) is 5.27. The lowest BCUT2D eigenvalue weighted by atomic mass is 10.3. The van der Waals surface area contributed by atoms with Crippen molar-refractivity contribution in [1.82, 2.24) is 9.97 Å². The summed E-state index contributed by atoms with van der Waals surface area (Å²) in [5.41, 5.74) is 1.27. The molecule has 0 aliphatic carbocycles. The summed E-state index contributed by atoms with van der Waals surface area (Å²) in [5, 5.41) is 0. The van der Waals surface area contributed by atoms with E-state index in [1.54, 1.807) is 0 Å². The fourth-order valence-corrected chi connectivity index (χ4v) is 1.65. The van der Waals surface area contributed by atoms with Gasteiger partial charge in [0, 0.05) is 47.9 Å². The van der Waals surface area contributed by atoms with Crippen LogP contribution in [0.15, 0.2) is 6.20 Å². The summed E-state index contributed by atoms with van der Waals surface area (Å²) in [6.45, 7) is 1.07. The van der Waals surface area contributed by atoms with E-state index in [4.69, 9.17) is 0 Å². The Balaban J connectivity index is 2.52. The minimum absolute atomic E-state index is 0.829. The zero-order chi connectivity index (χ0) is 7.84. The van der Waals surface area contributed by atoms with Crippen LogP contribution in [0.3, 0.4) is 0 Å². The Hall–Kier alpha value is -0.390. The van der Waals surface area contributed by atoms with Gasteiger partial charge >= 0.3 is 0 Å². The lowest BCUT2D eigenvalue weighted by Gasteiger charge is -2.09. The van der Waals surface area contributed by atoms with Gasteiger partial charge in [-0.15, -0.1) is 0 Å². The van der Waals surface area contributed by atoms with Crippen LogP contribution < -0.4 is 4.90 Å². The smallest absolute Gasteiger partial charge is 0.192 e. The molecule has 58 valence electrons. The standard InChI is InChI=1S/C7H8IN3/c1-11-3-2-5-4-9-7(8)10-6(5)11/h4H,2-3H2,1H3. The Bertz CT molecular complexity index is 287. The van der Waals surface area contributed by atoms with Crippen LogP contribution in [0.4, 0.5) is 5.82 Å². The molecule has 3 nitrogen and oxygen atoms in total. The van der Waals surface area contributed by atoms with E-state index < -0.39 is 0 Å². The third kappa shape index (κ3) is 1.19. The van der Waals surface area contributed by atoms with Crippen molar-refractivity contribution in [2.24, 2.45) is 0 Å². The van der Waals surface area contributed by atoms with E-state index in [9.17, 15) is 0 Å². The Morgan fingerprint density at radius 3 is 3.27 bits per heavy atom. The molecule has 0 radical (unpaired) electrons. The quantitative estimate of drug-likeness (QED) is 0.516. The molecule has 0 saturated carbocycles. The highest BCUT2D eigenvalue weighted by Gasteiger charge is 2.17. The van der Waals surface area contributed by atoms with Crippen LogP contribution in [0.5, 0.6) is 0 Å². The minimum Gasteiger partial charge on any atom is -0.359 e. The molecule has 2 rings (SSSR count). The van der Waals surface area contributed by atoms with Crippen LogP contribution in [0.1, 0.15) is 5.56 Å². The summed E-state index contributed by atoms with van der Waals surface area (Å²) in [6, 6.07) is 0. The normalized spacial score (nSPS) is 15.3. The fraction of sp³-hybridized carbons (Fsp3) is 0.429. The minimum atomic E-state index is 0.829. The molecule has 4 heteroatoms. The molecule has 2 heterocycles. The molecule has 11 heavy (non-hydrogen) atoms. The van der Waals surface area contributed by atoms with Gasteiger partial charge in [-0.1, -0.05) is 0 Å². The van der Waals surface area contributed by atoms with Gasteiger partial charge in [-0.25, -0.2) is 9.97 Å². The van der Waals surface area contributed by atoms with Crippen molar-refractivity contribution in [3.05, 3.63) is 15.6 Å². The average Bonchev–Trinajstić information content (AvgIpc) is 2.33. The zero-order valence-electron chi connectivity index (χ0n) is 6.21. The highest BCUT2D eigenvalue weighted by Crippen LogP contribution is 2.22. The summed E-state index contributed by atoms with van der Waals surface area (Å²) in [7, 11) is 2.06. The van der Waals surface area contributed by atoms with E-state index in [0.717, 1.165) is 22.6 Å². The second kappa shape index (κ2) is 2.58. The van der Waals surface area contributed by atoms with Gasteiger partial charge in [0.1, 0.15) is 5.82 Å². The van der Waals surface area contributed by atoms with Crippen molar-refractivity contribution < 1.29 is 0 Å². The average molecular weight is 261 g/mol. The molecular weight excluding hydrogens is 253 g/mol. The number of aromatic nitrogens is 2. The summed E-state index contributed by atoms with van der Waals surface area (Å²) in [5.74, 6) is 1.10. The topological polar surface area (TPSA) is 29.0 Å². The molecule has 0 spiro atoms. The van der Waals surface area contributed by atoms with Crippen LogP contribution >= 0.6 is 22.6 Å². The van der Waals surface area contributed by atoms with Gasteiger partial charge in [0.25, 0.3) is 0 Å². The number of hydrogen-bond donors (Lipinski definition) is 0. The van der Waals surface area contributed by atoms with Gasteiger partial charge in [0.05, 0.1) is 0 Å². The summed E-state index contributed by atoms with van der Waals surface area (Å²) in [6.07, 6.45) is 3.01. The first-order valence-corrected chi connectivity index (χ1v) is 4.58. The predicted octanol–water partition coefficient (Wildman–Crippen LogP) is 1.07. The fourth-order valence-electron chi connectivity index (χ4n) is 1.28. The maximum absolute atomic E-state index is 4.34. The van der Waals surface area contributed by atoms with Crippen LogP contribution in [0.25, 0.3) is 0 Å². The van der Waals surface area contributed by atoms with Crippen molar-refractivity contribution in [1.29, 1.82) is 0 Å². The van der Waals surface area contributed by atoms with E-state index >= 15 is 0 Å². The van der Waals surface area contributed by atoms with Crippen molar-refractivity contribution in [3.8, 4) is 0 Å². The summed E-state index contributed by atoms with van der Waals surface area (Å²) >= 11 is 2.13. The van der Waals surface area contributed by atoms with Crippen LogP contribution in [0.2, 0.25) is 0 Å². The molecule has 1 aromatic heterocycles. The number of rotatable bonds is 0. The van der Waals surface area contributed by atoms with Gasteiger partial charge in [-0.2, -0.15) is 0 Å². The maximum Gasteiger partial charge on any atom is 0.192 e. The molecule has 0 amide bonds. The van der Waals surface area contributed by atoms with E-state index in [0.29, 0.717) is 0 Å². The highest BCUT2D eigenvalue weighted by molar-refractivity contribution is 14.1. The van der Waals surface area contributed by atoms with Gasteiger partial charge in [-0.3, -0.25) is 0 Å². The van der Waals surface area contributed by atoms with Crippen LogP contribution in [0, 0.1) is 3.83 Å². The van der Waals surface area contributed by atoms with Gasteiger partial charge < -0.3 is 4.90 Å². The number of halogens is 1. The van der Waals surface area contributed by atoms with E-state index in [1.165, 1.54) is 5.56 Å². The van der Waals surface area contributed by atoms with Crippen molar-refractivity contribution in [2.75, 3.05) is 18.5 Å². The lowest BCUT2D eigenvalue weighted by molar-refractivity contribution is 0.943. The molecule has 0 atom stereocenters. The highest BCUT2D eigenvalue weighted by atomic mass is 127. The Morgan fingerprint density at radius 1 is 1.64 bits per heavy atom. The molecule has 0 N–H and O–H groups in total. The maximum atomic E-state index is 4.34.